The third-order valence-electron chi connectivity index (χ3n) is 2.48. The summed E-state index contributed by atoms with van der Waals surface area (Å²) in [5, 5.41) is 7.28. The van der Waals surface area contributed by atoms with Gasteiger partial charge in [0.05, 0.1) is 5.25 Å². The number of benzene rings is 1. The lowest BCUT2D eigenvalue weighted by molar-refractivity contribution is -0.144. The van der Waals surface area contributed by atoms with Gasteiger partial charge in [-0.2, -0.15) is 18.2 Å². The van der Waals surface area contributed by atoms with Crippen molar-refractivity contribution in [3.05, 3.63) is 35.1 Å². The Morgan fingerprint density at radius 2 is 2.00 bits per heavy atom. The molecule has 0 fully saturated rings. The molecule has 22 heavy (non-hydrogen) atoms. The van der Waals surface area contributed by atoms with E-state index in [4.69, 9.17) is 11.6 Å². The highest BCUT2D eigenvalue weighted by molar-refractivity contribution is 8.00. The Morgan fingerprint density at radius 3 is 2.55 bits per heavy atom. The second-order valence-electron chi connectivity index (χ2n) is 4.21. The largest absolute Gasteiger partial charge is 0.451 e. The molecule has 0 spiro atoms. The van der Waals surface area contributed by atoms with Crippen LogP contribution in [0.3, 0.4) is 0 Å². The van der Waals surface area contributed by atoms with Gasteiger partial charge in [-0.3, -0.25) is 15.2 Å². The van der Waals surface area contributed by atoms with Crippen LogP contribution in [0.15, 0.2) is 29.2 Å². The molecule has 1 aromatic carbocycles. The van der Waals surface area contributed by atoms with Crippen molar-refractivity contribution in [2.75, 3.05) is 5.32 Å². The second-order valence-corrected chi connectivity index (χ2v) is 6.06. The van der Waals surface area contributed by atoms with E-state index in [0.717, 1.165) is 4.90 Å². The first-order chi connectivity index (χ1) is 10.3. The molecular formula is C12H10ClF3N4OS. The van der Waals surface area contributed by atoms with Gasteiger partial charge in [-0.05, 0) is 31.2 Å². The molecule has 0 aliphatic heterocycles. The summed E-state index contributed by atoms with van der Waals surface area (Å²) in [6, 6.07) is 6.84. The van der Waals surface area contributed by atoms with Crippen LogP contribution in [-0.4, -0.2) is 26.3 Å². The highest BCUT2D eigenvalue weighted by Gasteiger charge is 2.35. The van der Waals surface area contributed by atoms with Crippen molar-refractivity contribution < 1.29 is 18.0 Å². The van der Waals surface area contributed by atoms with Crippen LogP contribution in [0.2, 0.25) is 5.02 Å². The van der Waals surface area contributed by atoms with Gasteiger partial charge in [-0.1, -0.05) is 11.6 Å². The van der Waals surface area contributed by atoms with Gasteiger partial charge in [0.25, 0.3) is 0 Å². The zero-order valence-electron chi connectivity index (χ0n) is 11.1. The maximum absolute atomic E-state index is 12.4. The van der Waals surface area contributed by atoms with Crippen LogP contribution in [0.25, 0.3) is 0 Å². The summed E-state index contributed by atoms with van der Waals surface area (Å²) in [6.07, 6.45) is -4.64. The first-order valence-electron chi connectivity index (χ1n) is 5.98. The van der Waals surface area contributed by atoms with E-state index in [-0.39, 0.29) is 0 Å². The van der Waals surface area contributed by atoms with Crippen LogP contribution in [0, 0.1) is 0 Å². The molecule has 0 unspecified atom stereocenters. The van der Waals surface area contributed by atoms with Gasteiger partial charge < -0.3 is 0 Å². The average molecular weight is 351 g/mol. The normalized spacial score (nSPS) is 13.0. The molecule has 118 valence electrons. The Morgan fingerprint density at radius 1 is 1.36 bits per heavy atom. The summed E-state index contributed by atoms with van der Waals surface area (Å²) >= 11 is 6.99. The van der Waals surface area contributed by atoms with E-state index in [2.05, 4.69) is 15.4 Å². The molecule has 2 rings (SSSR count). The van der Waals surface area contributed by atoms with Crippen LogP contribution in [0.5, 0.6) is 0 Å². The molecule has 2 aromatic rings. The van der Waals surface area contributed by atoms with E-state index in [9.17, 15) is 18.0 Å². The fourth-order valence-electron chi connectivity index (χ4n) is 1.43. The molecule has 1 amide bonds. The summed E-state index contributed by atoms with van der Waals surface area (Å²) < 4.78 is 37.1. The molecule has 10 heteroatoms. The van der Waals surface area contributed by atoms with Crippen LogP contribution in [0.4, 0.5) is 19.1 Å². The Bertz CT molecular complexity index is 659. The number of halogens is 4. The summed E-state index contributed by atoms with van der Waals surface area (Å²) in [5.41, 5.74) is 0. The van der Waals surface area contributed by atoms with Crippen LogP contribution >= 0.6 is 23.4 Å². The molecule has 1 heterocycles. The van der Waals surface area contributed by atoms with E-state index >= 15 is 0 Å². The first kappa shape index (κ1) is 16.6. The number of nitrogens with zero attached hydrogens (tertiary/aromatic N) is 2. The number of rotatable bonds is 4. The molecule has 0 aliphatic rings. The molecule has 1 atom stereocenters. The lowest BCUT2D eigenvalue weighted by Crippen LogP contribution is -2.23. The Kier molecular flexibility index (Phi) is 4.97. The molecule has 0 bridgehead atoms. The van der Waals surface area contributed by atoms with Gasteiger partial charge in [0.1, 0.15) is 0 Å². The Balaban J connectivity index is 1.96. The SMILES string of the molecule is C[C@@H](Sc1ccc(Cl)cc1)C(=O)Nc1n[nH]c(C(F)(F)F)n1. The minimum atomic E-state index is -4.64. The van der Waals surface area contributed by atoms with Crippen molar-refractivity contribution in [2.45, 2.75) is 23.2 Å². The third kappa shape index (κ3) is 4.38. The minimum absolute atomic E-state index is 0.416. The number of hydrogen-bond acceptors (Lipinski definition) is 4. The number of aromatic amines is 1. The monoisotopic (exact) mass is 350 g/mol. The fraction of sp³-hybridized carbons (Fsp3) is 0.250. The second kappa shape index (κ2) is 6.57. The van der Waals surface area contributed by atoms with E-state index < -0.39 is 29.1 Å². The van der Waals surface area contributed by atoms with Crippen LogP contribution in [-0.2, 0) is 11.0 Å². The Hall–Kier alpha value is -1.74. The number of thioether (sulfide) groups is 1. The number of carbonyl (C=O) groups excluding carboxylic acids is 1. The van der Waals surface area contributed by atoms with Crippen molar-refractivity contribution >= 4 is 35.2 Å². The average Bonchev–Trinajstić information content (AvgIpc) is 2.90. The molecule has 0 aliphatic carbocycles. The van der Waals surface area contributed by atoms with E-state index in [1.54, 1.807) is 36.3 Å². The molecule has 0 saturated heterocycles. The molecule has 1 aromatic heterocycles. The number of nitrogens with one attached hydrogen (secondary N) is 2. The molecule has 0 radical (unpaired) electrons. The number of hydrogen-bond donors (Lipinski definition) is 2. The smallest absolute Gasteiger partial charge is 0.292 e. The number of amides is 1. The van der Waals surface area contributed by atoms with Crippen molar-refractivity contribution in [1.29, 1.82) is 0 Å². The molecule has 0 saturated carbocycles. The first-order valence-corrected chi connectivity index (χ1v) is 7.24. The molecular weight excluding hydrogens is 341 g/mol. The van der Waals surface area contributed by atoms with Gasteiger partial charge in [0, 0.05) is 9.92 Å². The highest BCUT2D eigenvalue weighted by Crippen LogP contribution is 2.27. The minimum Gasteiger partial charge on any atom is -0.292 e. The number of aromatic nitrogens is 3. The summed E-state index contributed by atoms with van der Waals surface area (Å²) in [5.74, 6) is -2.19. The maximum Gasteiger partial charge on any atom is 0.451 e. The zero-order valence-corrected chi connectivity index (χ0v) is 12.7. The number of carbonyl (C=O) groups is 1. The van der Waals surface area contributed by atoms with E-state index in [1.165, 1.54) is 11.8 Å². The number of H-pyrrole nitrogens is 1. The summed E-state index contributed by atoms with van der Waals surface area (Å²) in [6.45, 7) is 1.62. The van der Waals surface area contributed by atoms with E-state index in [0.29, 0.717) is 5.02 Å². The van der Waals surface area contributed by atoms with Crippen LogP contribution < -0.4 is 5.32 Å². The fourth-order valence-corrected chi connectivity index (χ4v) is 2.42. The number of alkyl halides is 3. The van der Waals surface area contributed by atoms with Crippen molar-refractivity contribution in [2.24, 2.45) is 0 Å². The lowest BCUT2D eigenvalue weighted by Gasteiger charge is -2.10. The Labute approximate surface area is 132 Å². The number of anilines is 1. The summed E-state index contributed by atoms with van der Waals surface area (Å²) in [7, 11) is 0. The standard InChI is InChI=1S/C12H10ClF3N4OS/c1-6(22-8-4-2-7(13)3-5-8)9(21)17-11-18-10(19-20-11)12(14,15)16/h2-6H,1H3,(H2,17,18,19,20,21)/t6-/m1/s1. The quantitative estimate of drug-likeness (QED) is 0.827. The van der Waals surface area contributed by atoms with Crippen LogP contribution in [0.1, 0.15) is 12.7 Å². The highest BCUT2D eigenvalue weighted by atomic mass is 35.5. The zero-order chi connectivity index (χ0) is 16.3. The lowest BCUT2D eigenvalue weighted by atomic mass is 10.4. The molecule has 5 nitrogen and oxygen atoms in total. The van der Waals surface area contributed by atoms with Gasteiger partial charge in [0.15, 0.2) is 0 Å². The summed E-state index contributed by atoms with van der Waals surface area (Å²) in [4.78, 5) is 15.9. The van der Waals surface area contributed by atoms with Gasteiger partial charge in [0.2, 0.25) is 17.7 Å². The predicted octanol–water partition coefficient (Wildman–Crippen LogP) is 3.60. The van der Waals surface area contributed by atoms with Crippen molar-refractivity contribution in [3.63, 3.8) is 0 Å². The topological polar surface area (TPSA) is 70.7 Å². The third-order valence-corrected chi connectivity index (χ3v) is 3.85. The molecule has 2 N–H and O–H groups in total. The van der Waals surface area contributed by atoms with Crippen molar-refractivity contribution in [1.82, 2.24) is 15.2 Å². The van der Waals surface area contributed by atoms with Gasteiger partial charge >= 0.3 is 6.18 Å². The van der Waals surface area contributed by atoms with Gasteiger partial charge in [-0.25, -0.2) is 0 Å². The maximum atomic E-state index is 12.4. The van der Waals surface area contributed by atoms with Crippen molar-refractivity contribution in [3.8, 4) is 0 Å². The van der Waals surface area contributed by atoms with E-state index in [1.807, 2.05) is 0 Å². The van der Waals surface area contributed by atoms with Gasteiger partial charge in [-0.15, -0.1) is 16.9 Å². The predicted molar refractivity (Wildman–Crippen MR) is 76.8 cm³/mol.